The van der Waals surface area contributed by atoms with Crippen molar-refractivity contribution < 1.29 is 24.6 Å². The summed E-state index contributed by atoms with van der Waals surface area (Å²) in [6.45, 7) is 1.02. The maximum Gasteiger partial charge on any atom is 0.331 e. The molecule has 0 aromatic carbocycles. The highest BCUT2D eigenvalue weighted by Gasteiger charge is 2.39. The summed E-state index contributed by atoms with van der Waals surface area (Å²) >= 11 is 0. The van der Waals surface area contributed by atoms with Gasteiger partial charge in [0, 0.05) is 6.42 Å². The summed E-state index contributed by atoms with van der Waals surface area (Å²) in [7, 11) is 0. The van der Waals surface area contributed by atoms with Crippen LogP contribution in [0.2, 0.25) is 0 Å². The zero-order valence-corrected chi connectivity index (χ0v) is 7.11. The third-order valence-corrected chi connectivity index (χ3v) is 1.74. The van der Waals surface area contributed by atoms with Crippen LogP contribution in [0.25, 0.3) is 0 Å². The van der Waals surface area contributed by atoms with E-state index in [-0.39, 0.29) is 0 Å². The molecule has 13 heavy (non-hydrogen) atoms. The van der Waals surface area contributed by atoms with Crippen LogP contribution < -0.4 is 5.73 Å². The number of carbonyl (C=O) groups excluding carboxylic acids is 1. The summed E-state index contributed by atoms with van der Waals surface area (Å²) in [6.07, 6.45) is -0.838. The molecular weight excluding hydrogens is 178 g/mol. The van der Waals surface area contributed by atoms with Crippen LogP contribution in [0.4, 0.5) is 0 Å². The highest BCUT2D eigenvalue weighted by atomic mass is 16.4. The standard InChI is InChI=1S/C7H11NO5/c1-4(9)7(8,6(12)13)3-2-5(10)11/h2-3,8H2,1H3,(H,10,11)(H,12,13)/t7-/m0/s1. The molecule has 0 unspecified atom stereocenters. The van der Waals surface area contributed by atoms with E-state index in [1.165, 1.54) is 0 Å². The lowest BCUT2D eigenvalue weighted by molar-refractivity contribution is -0.148. The lowest BCUT2D eigenvalue weighted by atomic mass is 9.91. The van der Waals surface area contributed by atoms with E-state index in [1.807, 2.05) is 0 Å². The molecule has 0 saturated heterocycles. The molecular formula is C7H11NO5. The zero-order chi connectivity index (χ0) is 10.6. The minimum Gasteiger partial charge on any atom is -0.481 e. The van der Waals surface area contributed by atoms with Gasteiger partial charge >= 0.3 is 11.9 Å². The van der Waals surface area contributed by atoms with E-state index < -0.39 is 36.1 Å². The Hall–Kier alpha value is -1.43. The Morgan fingerprint density at radius 2 is 1.77 bits per heavy atom. The first-order valence-electron chi connectivity index (χ1n) is 3.56. The second kappa shape index (κ2) is 3.99. The van der Waals surface area contributed by atoms with Crippen LogP contribution in [0.15, 0.2) is 0 Å². The van der Waals surface area contributed by atoms with Crippen molar-refractivity contribution in [2.45, 2.75) is 25.3 Å². The SMILES string of the molecule is CC(=O)[C@@](N)(CCC(=O)O)C(=O)O. The average Bonchev–Trinajstić information content (AvgIpc) is 1.99. The smallest absolute Gasteiger partial charge is 0.331 e. The van der Waals surface area contributed by atoms with E-state index in [1.54, 1.807) is 0 Å². The van der Waals surface area contributed by atoms with E-state index in [2.05, 4.69) is 0 Å². The Kier molecular flexibility index (Phi) is 3.55. The number of nitrogens with two attached hydrogens (primary N) is 1. The summed E-state index contributed by atoms with van der Waals surface area (Å²) < 4.78 is 0. The summed E-state index contributed by atoms with van der Waals surface area (Å²) in [5, 5.41) is 16.9. The molecule has 6 heteroatoms. The number of aliphatic carboxylic acids is 2. The number of Topliss-reactive ketones (excluding diaryl/α,β-unsaturated/α-hetero) is 1. The molecule has 0 radical (unpaired) electrons. The quantitative estimate of drug-likeness (QED) is 0.488. The van der Waals surface area contributed by atoms with E-state index in [0.29, 0.717) is 0 Å². The molecule has 6 nitrogen and oxygen atoms in total. The topological polar surface area (TPSA) is 118 Å². The van der Waals surface area contributed by atoms with E-state index >= 15 is 0 Å². The van der Waals surface area contributed by atoms with Crippen LogP contribution >= 0.6 is 0 Å². The van der Waals surface area contributed by atoms with Gasteiger partial charge in [-0.2, -0.15) is 0 Å². The number of hydrogen-bond acceptors (Lipinski definition) is 4. The maximum atomic E-state index is 10.8. The predicted molar refractivity (Wildman–Crippen MR) is 42.1 cm³/mol. The highest BCUT2D eigenvalue weighted by molar-refractivity contribution is 6.06. The van der Waals surface area contributed by atoms with Gasteiger partial charge in [0.1, 0.15) is 0 Å². The van der Waals surface area contributed by atoms with Crippen molar-refractivity contribution >= 4 is 17.7 Å². The number of carboxylic acid groups (broad SMARTS) is 2. The molecule has 0 amide bonds. The van der Waals surface area contributed by atoms with Crippen LogP contribution in [0.1, 0.15) is 19.8 Å². The lowest BCUT2D eigenvalue weighted by Crippen LogP contribution is -2.54. The van der Waals surface area contributed by atoms with Gasteiger partial charge in [0.15, 0.2) is 11.3 Å². The molecule has 1 atom stereocenters. The summed E-state index contributed by atoms with van der Waals surface area (Å²) in [6, 6.07) is 0. The molecule has 0 aliphatic rings. The van der Waals surface area contributed by atoms with Crippen molar-refractivity contribution in [3.63, 3.8) is 0 Å². The Morgan fingerprint density at radius 3 is 2.00 bits per heavy atom. The second-order valence-electron chi connectivity index (χ2n) is 2.73. The van der Waals surface area contributed by atoms with E-state index in [4.69, 9.17) is 15.9 Å². The van der Waals surface area contributed by atoms with Crippen LogP contribution in [0, 0.1) is 0 Å². The van der Waals surface area contributed by atoms with Gasteiger partial charge < -0.3 is 15.9 Å². The molecule has 0 saturated carbocycles. The lowest BCUT2D eigenvalue weighted by Gasteiger charge is -2.19. The van der Waals surface area contributed by atoms with Gasteiger partial charge in [-0.1, -0.05) is 0 Å². The van der Waals surface area contributed by atoms with Crippen molar-refractivity contribution in [1.82, 2.24) is 0 Å². The molecule has 0 rings (SSSR count). The van der Waals surface area contributed by atoms with Crippen molar-refractivity contribution in [2.24, 2.45) is 5.73 Å². The number of ketones is 1. The van der Waals surface area contributed by atoms with Crippen molar-refractivity contribution in [3.8, 4) is 0 Å². The minimum absolute atomic E-state index is 0.396. The van der Waals surface area contributed by atoms with E-state index in [9.17, 15) is 14.4 Å². The normalized spacial score (nSPS) is 14.6. The molecule has 4 N–H and O–H groups in total. The van der Waals surface area contributed by atoms with Gasteiger partial charge in [-0.3, -0.25) is 9.59 Å². The van der Waals surface area contributed by atoms with Gasteiger partial charge in [-0.05, 0) is 13.3 Å². The highest BCUT2D eigenvalue weighted by Crippen LogP contribution is 2.11. The third-order valence-electron chi connectivity index (χ3n) is 1.74. The number of carbonyl (C=O) groups is 3. The van der Waals surface area contributed by atoms with Gasteiger partial charge in [-0.15, -0.1) is 0 Å². The summed E-state index contributed by atoms with van der Waals surface area (Å²) in [5.41, 5.74) is 3.15. The fourth-order valence-corrected chi connectivity index (χ4v) is 0.738. The van der Waals surface area contributed by atoms with Crippen LogP contribution in [0.3, 0.4) is 0 Å². The molecule has 0 spiro atoms. The summed E-state index contributed by atoms with van der Waals surface area (Å²) in [4.78, 5) is 31.5. The molecule has 0 aliphatic heterocycles. The number of carboxylic acids is 2. The average molecular weight is 189 g/mol. The molecule has 0 aromatic heterocycles. The van der Waals surface area contributed by atoms with Crippen molar-refractivity contribution in [3.05, 3.63) is 0 Å². The van der Waals surface area contributed by atoms with Gasteiger partial charge in [0.05, 0.1) is 0 Å². The molecule has 0 aromatic rings. The maximum absolute atomic E-state index is 10.8. The molecule has 0 bridgehead atoms. The fraction of sp³-hybridized carbons (Fsp3) is 0.571. The fourth-order valence-electron chi connectivity index (χ4n) is 0.738. The molecule has 0 heterocycles. The second-order valence-corrected chi connectivity index (χ2v) is 2.73. The Labute approximate surface area is 74.3 Å². The zero-order valence-electron chi connectivity index (χ0n) is 7.11. The minimum atomic E-state index is -2.07. The van der Waals surface area contributed by atoms with Crippen LogP contribution in [-0.2, 0) is 14.4 Å². The first kappa shape index (κ1) is 11.6. The molecule has 0 aliphatic carbocycles. The van der Waals surface area contributed by atoms with Gasteiger partial charge in [0.25, 0.3) is 0 Å². The first-order chi connectivity index (χ1) is 5.80. The Morgan fingerprint density at radius 1 is 1.31 bits per heavy atom. The van der Waals surface area contributed by atoms with Gasteiger partial charge in [-0.25, -0.2) is 4.79 Å². The molecule has 74 valence electrons. The van der Waals surface area contributed by atoms with Crippen LogP contribution in [0.5, 0.6) is 0 Å². The summed E-state index contributed by atoms with van der Waals surface area (Å²) in [5.74, 6) is -3.43. The van der Waals surface area contributed by atoms with Crippen molar-refractivity contribution in [1.29, 1.82) is 0 Å². The molecule has 0 fully saturated rings. The Bertz CT molecular complexity index is 233. The van der Waals surface area contributed by atoms with E-state index in [0.717, 1.165) is 6.92 Å². The number of rotatable bonds is 5. The number of hydrogen-bond donors (Lipinski definition) is 3. The van der Waals surface area contributed by atoms with Gasteiger partial charge in [0.2, 0.25) is 0 Å². The monoisotopic (exact) mass is 189 g/mol. The van der Waals surface area contributed by atoms with Crippen molar-refractivity contribution in [2.75, 3.05) is 0 Å². The van der Waals surface area contributed by atoms with Crippen LogP contribution in [-0.4, -0.2) is 33.5 Å². The predicted octanol–water partition coefficient (Wildman–Crippen LogP) is -0.778. The first-order valence-corrected chi connectivity index (χ1v) is 3.56. The Balaban J connectivity index is 4.52. The largest absolute Gasteiger partial charge is 0.481 e. The third kappa shape index (κ3) is 2.83.